The van der Waals surface area contributed by atoms with Crippen LogP contribution in [-0.2, 0) is 22.5 Å². The van der Waals surface area contributed by atoms with Crippen LogP contribution in [0.15, 0.2) is 40.8 Å². The van der Waals surface area contributed by atoms with Crippen molar-refractivity contribution in [2.24, 2.45) is 0 Å². The van der Waals surface area contributed by atoms with Gasteiger partial charge in [0.05, 0.1) is 13.2 Å². The van der Waals surface area contributed by atoms with Crippen LogP contribution in [0.25, 0.3) is 0 Å². The van der Waals surface area contributed by atoms with Crippen LogP contribution in [0.3, 0.4) is 0 Å². The third kappa shape index (κ3) is 8.69. The fourth-order valence-electron chi connectivity index (χ4n) is 3.72. The zero-order chi connectivity index (χ0) is 24.2. The van der Waals surface area contributed by atoms with Crippen molar-refractivity contribution in [2.45, 2.75) is 72.4 Å². The first-order valence-electron chi connectivity index (χ1n) is 12.1. The minimum Gasteiger partial charge on any atom is -0.464 e. The predicted octanol–water partition coefficient (Wildman–Crippen LogP) is 5.24. The highest BCUT2D eigenvalue weighted by Gasteiger charge is 2.25. The van der Waals surface area contributed by atoms with E-state index in [9.17, 15) is 9.59 Å². The molecule has 0 radical (unpaired) electrons. The Labute approximate surface area is 198 Å². The summed E-state index contributed by atoms with van der Waals surface area (Å²) in [4.78, 5) is 29.7. The first-order valence-corrected chi connectivity index (χ1v) is 12.1. The Kier molecular flexibility index (Phi) is 11.2. The molecule has 0 N–H and O–H groups in total. The molecule has 0 atom stereocenters. The van der Waals surface area contributed by atoms with Crippen molar-refractivity contribution < 1.29 is 18.7 Å². The van der Waals surface area contributed by atoms with Gasteiger partial charge in [-0.25, -0.2) is 0 Å². The van der Waals surface area contributed by atoms with Gasteiger partial charge in [-0.15, -0.1) is 0 Å². The molecule has 1 heterocycles. The smallest absolute Gasteiger partial charge is 0.254 e. The van der Waals surface area contributed by atoms with Crippen LogP contribution in [0.5, 0.6) is 0 Å². The van der Waals surface area contributed by atoms with Gasteiger partial charge in [0.2, 0.25) is 5.91 Å². The van der Waals surface area contributed by atoms with E-state index in [1.54, 1.807) is 16.9 Å². The summed E-state index contributed by atoms with van der Waals surface area (Å²) in [6.45, 7) is 9.16. The monoisotopic (exact) mass is 456 g/mol. The van der Waals surface area contributed by atoms with Crippen LogP contribution >= 0.6 is 0 Å². The lowest BCUT2D eigenvalue weighted by Gasteiger charge is -2.30. The van der Waals surface area contributed by atoms with E-state index in [1.807, 2.05) is 57.2 Å². The van der Waals surface area contributed by atoms with Gasteiger partial charge < -0.3 is 19.0 Å². The first-order chi connectivity index (χ1) is 15.8. The average molecular weight is 457 g/mol. The van der Waals surface area contributed by atoms with Crippen molar-refractivity contribution in [2.75, 3.05) is 26.8 Å². The minimum atomic E-state index is -0.129. The number of nitrogens with zero attached hydrogens (tertiary/aromatic N) is 2. The second-order valence-corrected chi connectivity index (χ2v) is 8.85. The van der Waals surface area contributed by atoms with Crippen LogP contribution in [0.1, 0.15) is 73.9 Å². The molecule has 1 aromatic heterocycles. The van der Waals surface area contributed by atoms with Gasteiger partial charge in [-0.1, -0.05) is 38.3 Å². The molecule has 0 unspecified atom stereocenters. The van der Waals surface area contributed by atoms with Crippen LogP contribution in [0.2, 0.25) is 0 Å². The molecule has 0 aliphatic rings. The molecule has 0 saturated heterocycles. The standard InChI is InChI=1S/C27H40N2O4/c1-6-7-8-9-10-23-12-14-24(15-13-23)27(31)29(21(2)3)20-26(30)28(17-18-32-5)19-25-16-11-22(4)33-25/h11-16,21H,6-10,17-20H2,1-5H3. The predicted molar refractivity (Wildman–Crippen MR) is 131 cm³/mol. The molecule has 6 heteroatoms. The highest BCUT2D eigenvalue weighted by atomic mass is 16.5. The molecule has 2 rings (SSSR count). The van der Waals surface area contributed by atoms with Crippen LogP contribution < -0.4 is 0 Å². The highest BCUT2D eigenvalue weighted by Crippen LogP contribution is 2.15. The van der Waals surface area contributed by atoms with Gasteiger partial charge in [-0.2, -0.15) is 0 Å². The molecule has 2 amide bonds. The van der Waals surface area contributed by atoms with Crippen molar-refractivity contribution in [3.05, 3.63) is 59.0 Å². The molecular formula is C27H40N2O4. The van der Waals surface area contributed by atoms with Crippen molar-refractivity contribution in [1.82, 2.24) is 9.80 Å². The SMILES string of the molecule is CCCCCCc1ccc(C(=O)N(CC(=O)N(CCOC)Cc2ccc(C)o2)C(C)C)cc1. The van der Waals surface area contributed by atoms with E-state index in [4.69, 9.17) is 9.15 Å². The molecule has 2 aromatic rings. The molecular weight excluding hydrogens is 416 g/mol. The Morgan fingerprint density at radius 2 is 1.76 bits per heavy atom. The number of furan rings is 1. The van der Waals surface area contributed by atoms with Gasteiger partial charge in [-0.05, 0) is 63.4 Å². The molecule has 33 heavy (non-hydrogen) atoms. The van der Waals surface area contributed by atoms with E-state index < -0.39 is 0 Å². The Bertz CT molecular complexity index is 857. The lowest BCUT2D eigenvalue weighted by atomic mass is 10.0. The summed E-state index contributed by atoms with van der Waals surface area (Å²) in [5, 5.41) is 0. The summed E-state index contributed by atoms with van der Waals surface area (Å²) in [5.41, 5.74) is 1.85. The summed E-state index contributed by atoms with van der Waals surface area (Å²) in [6, 6.07) is 11.5. The minimum absolute atomic E-state index is 0.0126. The maximum Gasteiger partial charge on any atom is 0.254 e. The number of amides is 2. The van der Waals surface area contributed by atoms with Crippen molar-refractivity contribution in [3.63, 3.8) is 0 Å². The number of hydrogen-bond acceptors (Lipinski definition) is 4. The number of rotatable bonds is 14. The summed E-state index contributed by atoms with van der Waals surface area (Å²) < 4.78 is 10.8. The summed E-state index contributed by atoms with van der Waals surface area (Å²) in [5.74, 6) is 1.26. The number of ether oxygens (including phenoxy) is 1. The lowest BCUT2D eigenvalue weighted by Crippen LogP contribution is -2.46. The highest BCUT2D eigenvalue weighted by molar-refractivity contribution is 5.96. The zero-order valence-electron chi connectivity index (χ0n) is 20.9. The quantitative estimate of drug-likeness (QED) is 0.365. The molecule has 0 bridgehead atoms. The molecule has 0 saturated carbocycles. The Hall–Kier alpha value is -2.60. The van der Waals surface area contributed by atoms with Crippen LogP contribution in [0.4, 0.5) is 0 Å². The number of hydrogen-bond donors (Lipinski definition) is 0. The molecule has 1 aromatic carbocycles. The molecule has 0 spiro atoms. The molecule has 0 aliphatic carbocycles. The van der Waals surface area contributed by atoms with Crippen molar-refractivity contribution in [1.29, 1.82) is 0 Å². The van der Waals surface area contributed by atoms with E-state index in [1.165, 1.54) is 31.2 Å². The Morgan fingerprint density at radius 3 is 2.33 bits per heavy atom. The van der Waals surface area contributed by atoms with Crippen molar-refractivity contribution >= 4 is 11.8 Å². The number of benzene rings is 1. The number of methoxy groups -OCH3 is 1. The topological polar surface area (TPSA) is 63.0 Å². The van der Waals surface area contributed by atoms with Gasteiger partial charge in [0, 0.05) is 25.3 Å². The Balaban J connectivity index is 2.05. The number of aryl methyl sites for hydroxylation is 2. The third-order valence-corrected chi connectivity index (χ3v) is 5.77. The van der Waals surface area contributed by atoms with Gasteiger partial charge in [0.1, 0.15) is 18.1 Å². The number of carbonyl (C=O) groups excluding carboxylic acids is 2. The summed E-state index contributed by atoms with van der Waals surface area (Å²) >= 11 is 0. The number of carbonyl (C=O) groups is 2. The molecule has 182 valence electrons. The van der Waals surface area contributed by atoms with Crippen LogP contribution in [0, 0.1) is 6.92 Å². The fraction of sp³-hybridized carbons (Fsp3) is 0.556. The van der Waals surface area contributed by atoms with E-state index in [-0.39, 0.29) is 24.4 Å². The van der Waals surface area contributed by atoms with E-state index in [0.29, 0.717) is 31.0 Å². The zero-order valence-corrected chi connectivity index (χ0v) is 20.9. The van der Waals surface area contributed by atoms with Gasteiger partial charge in [0.25, 0.3) is 5.91 Å². The lowest BCUT2D eigenvalue weighted by molar-refractivity contribution is -0.133. The van der Waals surface area contributed by atoms with Gasteiger partial charge in [-0.3, -0.25) is 9.59 Å². The largest absolute Gasteiger partial charge is 0.464 e. The van der Waals surface area contributed by atoms with Crippen LogP contribution in [-0.4, -0.2) is 54.5 Å². The average Bonchev–Trinajstić information content (AvgIpc) is 3.22. The second-order valence-electron chi connectivity index (χ2n) is 8.85. The maximum atomic E-state index is 13.2. The third-order valence-electron chi connectivity index (χ3n) is 5.77. The fourth-order valence-corrected chi connectivity index (χ4v) is 3.72. The van der Waals surface area contributed by atoms with Crippen molar-refractivity contribution in [3.8, 4) is 0 Å². The molecule has 6 nitrogen and oxygen atoms in total. The first kappa shape index (κ1) is 26.7. The van der Waals surface area contributed by atoms with E-state index >= 15 is 0 Å². The summed E-state index contributed by atoms with van der Waals surface area (Å²) in [7, 11) is 1.61. The normalized spacial score (nSPS) is 11.1. The van der Waals surface area contributed by atoms with Gasteiger partial charge in [0.15, 0.2) is 0 Å². The second kappa shape index (κ2) is 13.8. The number of unbranched alkanes of at least 4 members (excludes halogenated alkanes) is 3. The van der Waals surface area contributed by atoms with E-state index in [0.717, 1.165) is 12.2 Å². The summed E-state index contributed by atoms with van der Waals surface area (Å²) in [6.07, 6.45) is 5.91. The molecule has 0 fully saturated rings. The maximum absolute atomic E-state index is 13.2. The van der Waals surface area contributed by atoms with E-state index in [2.05, 4.69) is 6.92 Å². The Morgan fingerprint density at radius 1 is 1.03 bits per heavy atom. The molecule has 0 aliphatic heterocycles. The van der Waals surface area contributed by atoms with Gasteiger partial charge >= 0.3 is 0 Å².